The summed E-state index contributed by atoms with van der Waals surface area (Å²) in [5, 5.41) is 11.0. The zero-order valence-electron chi connectivity index (χ0n) is 7.95. The molecule has 0 radical (unpaired) electrons. The number of aromatic nitrogens is 4. The molecule has 1 aromatic heterocycles. The number of nitrogens with two attached hydrogens (primary N) is 2. The van der Waals surface area contributed by atoms with Crippen LogP contribution in [0.15, 0.2) is 5.16 Å². The molecule has 8 nitrogen and oxygen atoms in total. The molecule has 0 aliphatic carbocycles. The normalized spacial score (nSPS) is 12.3. The highest BCUT2D eigenvalue weighted by molar-refractivity contribution is 7.98. The standard InChI is InChI=1S/C6H10N6O2S/c1-15-6-9-10-11-12(6)3(5(8)14)2-4(7)13/h3H,2H2,1H3,(H2,7,13)(H2,8,14). The molecular weight excluding hydrogens is 220 g/mol. The second-order valence-corrected chi connectivity index (χ2v) is 3.47. The van der Waals surface area contributed by atoms with Crippen LogP contribution in [0.1, 0.15) is 12.5 Å². The van der Waals surface area contributed by atoms with Gasteiger partial charge in [0, 0.05) is 0 Å². The lowest BCUT2D eigenvalue weighted by atomic mass is 10.2. The number of carbonyl (C=O) groups is 2. The zero-order valence-corrected chi connectivity index (χ0v) is 8.77. The minimum Gasteiger partial charge on any atom is -0.370 e. The third-order valence-corrected chi connectivity index (χ3v) is 2.30. The van der Waals surface area contributed by atoms with Crippen LogP contribution < -0.4 is 11.5 Å². The average Bonchev–Trinajstić information content (AvgIpc) is 2.60. The molecule has 15 heavy (non-hydrogen) atoms. The molecule has 1 rings (SSSR count). The molecule has 9 heteroatoms. The number of thioether (sulfide) groups is 1. The summed E-state index contributed by atoms with van der Waals surface area (Å²) in [6.07, 6.45) is 1.53. The number of tetrazole rings is 1. The lowest BCUT2D eigenvalue weighted by molar-refractivity contribution is -0.126. The van der Waals surface area contributed by atoms with E-state index in [9.17, 15) is 9.59 Å². The topological polar surface area (TPSA) is 130 Å². The fourth-order valence-corrected chi connectivity index (χ4v) is 1.48. The van der Waals surface area contributed by atoms with Crippen LogP contribution in [0.2, 0.25) is 0 Å². The number of hydrogen-bond acceptors (Lipinski definition) is 6. The molecule has 1 unspecified atom stereocenters. The Hall–Kier alpha value is -1.64. The predicted molar refractivity (Wildman–Crippen MR) is 51.6 cm³/mol. The molecule has 0 saturated heterocycles. The summed E-state index contributed by atoms with van der Waals surface area (Å²) >= 11 is 1.24. The molecule has 0 aliphatic heterocycles. The van der Waals surface area contributed by atoms with E-state index in [0.717, 1.165) is 0 Å². The summed E-state index contributed by atoms with van der Waals surface area (Å²) in [5.74, 6) is -1.34. The van der Waals surface area contributed by atoms with Gasteiger partial charge in [0.15, 0.2) is 0 Å². The number of hydrogen-bond donors (Lipinski definition) is 2. The van der Waals surface area contributed by atoms with Gasteiger partial charge in [-0.05, 0) is 16.7 Å². The Morgan fingerprint density at radius 2 is 2.20 bits per heavy atom. The van der Waals surface area contributed by atoms with Crippen molar-refractivity contribution in [1.29, 1.82) is 0 Å². The van der Waals surface area contributed by atoms with Crippen molar-refractivity contribution >= 4 is 23.6 Å². The van der Waals surface area contributed by atoms with Crippen molar-refractivity contribution in [3.05, 3.63) is 0 Å². The van der Waals surface area contributed by atoms with E-state index in [2.05, 4.69) is 15.5 Å². The highest BCUT2D eigenvalue weighted by Gasteiger charge is 2.24. The van der Waals surface area contributed by atoms with E-state index >= 15 is 0 Å². The van der Waals surface area contributed by atoms with Gasteiger partial charge in [-0.1, -0.05) is 11.8 Å². The molecular formula is C6H10N6O2S. The lowest BCUT2D eigenvalue weighted by Crippen LogP contribution is -2.31. The van der Waals surface area contributed by atoms with E-state index in [4.69, 9.17) is 11.5 Å². The van der Waals surface area contributed by atoms with E-state index in [1.54, 1.807) is 6.26 Å². The molecule has 0 spiro atoms. The molecule has 0 aromatic carbocycles. The third-order valence-electron chi connectivity index (χ3n) is 1.66. The van der Waals surface area contributed by atoms with Gasteiger partial charge in [-0.2, -0.15) is 0 Å². The molecule has 0 saturated carbocycles. The van der Waals surface area contributed by atoms with E-state index < -0.39 is 17.9 Å². The Morgan fingerprint density at radius 1 is 1.53 bits per heavy atom. The lowest BCUT2D eigenvalue weighted by Gasteiger charge is -2.11. The summed E-state index contributed by atoms with van der Waals surface area (Å²) in [5.41, 5.74) is 10.1. The van der Waals surface area contributed by atoms with Gasteiger partial charge in [0.25, 0.3) is 0 Å². The van der Waals surface area contributed by atoms with Crippen LogP contribution in [0, 0.1) is 0 Å². The SMILES string of the molecule is CSc1nnnn1C(CC(N)=O)C(N)=O. The first-order valence-corrected chi connectivity index (χ1v) is 5.18. The Labute approximate surface area is 89.4 Å². The summed E-state index contributed by atoms with van der Waals surface area (Å²) in [6.45, 7) is 0. The van der Waals surface area contributed by atoms with Crippen LogP contribution in [-0.2, 0) is 9.59 Å². The quantitative estimate of drug-likeness (QED) is 0.579. The molecule has 0 aliphatic rings. The molecule has 1 aromatic rings. The molecule has 1 heterocycles. The van der Waals surface area contributed by atoms with Crippen molar-refractivity contribution < 1.29 is 9.59 Å². The minimum absolute atomic E-state index is 0.214. The summed E-state index contributed by atoms with van der Waals surface area (Å²) in [4.78, 5) is 21.8. The number of primary amides is 2. The van der Waals surface area contributed by atoms with Gasteiger partial charge < -0.3 is 11.5 Å². The van der Waals surface area contributed by atoms with Crippen LogP contribution >= 0.6 is 11.8 Å². The Kier molecular flexibility index (Phi) is 3.61. The maximum atomic E-state index is 11.1. The van der Waals surface area contributed by atoms with Gasteiger partial charge in [0.05, 0.1) is 6.42 Å². The first-order chi connectivity index (χ1) is 7.06. The predicted octanol–water partition coefficient (Wildman–Crippen LogP) is -1.70. The van der Waals surface area contributed by atoms with Crippen molar-refractivity contribution in [3.63, 3.8) is 0 Å². The highest BCUT2D eigenvalue weighted by Crippen LogP contribution is 2.16. The van der Waals surface area contributed by atoms with Gasteiger partial charge in [0.1, 0.15) is 6.04 Å². The summed E-state index contributed by atoms with van der Waals surface area (Å²) < 4.78 is 1.19. The van der Waals surface area contributed by atoms with Crippen LogP contribution in [0.25, 0.3) is 0 Å². The monoisotopic (exact) mass is 230 g/mol. The Bertz CT molecular complexity index is 377. The fourth-order valence-electron chi connectivity index (χ4n) is 1.01. The van der Waals surface area contributed by atoms with Crippen molar-refractivity contribution in [1.82, 2.24) is 20.2 Å². The first-order valence-electron chi connectivity index (χ1n) is 3.95. The van der Waals surface area contributed by atoms with Crippen molar-refractivity contribution in [3.8, 4) is 0 Å². The van der Waals surface area contributed by atoms with Crippen LogP contribution in [0.3, 0.4) is 0 Å². The number of carbonyl (C=O) groups excluding carboxylic acids is 2. The van der Waals surface area contributed by atoms with Gasteiger partial charge in [-0.15, -0.1) is 5.10 Å². The Morgan fingerprint density at radius 3 is 2.67 bits per heavy atom. The van der Waals surface area contributed by atoms with Gasteiger partial charge in [-0.3, -0.25) is 9.59 Å². The van der Waals surface area contributed by atoms with Crippen LogP contribution in [0.5, 0.6) is 0 Å². The van der Waals surface area contributed by atoms with E-state index in [1.807, 2.05) is 0 Å². The van der Waals surface area contributed by atoms with Gasteiger partial charge in [0.2, 0.25) is 17.0 Å². The molecule has 4 N–H and O–H groups in total. The van der Waals surface area contributed by atoms with Crippen LogP contribution in [-0.4, -0.2) is 38.3 Å². The van der Waals surface area contributed by atoms with Crippen LogP contribution in [0.4, 0.5) is 0 Å². The zero-order chi connectivity index (χ0) is 11.4. The van der Waals surface area contributed by atoms with Gasteiger partial charge >= 0.3 is 0 Å². The molecule has 0 fully saturated rings. The minimum atomic E-state index is -0.931. The maximum absolute atomic E-state index is 11.1. The number of rotatable bonds is 5. The van der Waals surface area contributed by atoms with E-state index in [1.165, 1.54) is 16.4 Å². The fraction of sp³-hybridized carbons (Fsp3) is 0.500. The second kappa shape index (κ2) is 4.73. The van der Waals surface area contributed by atoms with E-state index in [-0.39, 0.29) is 6.42 Å². The average molecular weight is 230 g/mol. The largest absolute Gasteiger partial charge is 0.370 e. The molecule has 2 amide bonds. The summed E-state index contributed by atoms with van der Waals surface area (Å²) in [6, 6.07) is -0.931. The molecule has 1 atom stereocenters. The van der Waals surface area contributed by atoms with Gasteiger partial charge in [-0.25, -0.2) is 4.68 Å². The smallest absolute Gasteiger partial charge is 0.243 e. The Balaban J connectivity index is 2.98. The first kappa shape index (κ1) is 11.4. The number of nitrogens with zero attached hydrogens (tertiary/aromatic N) is 4. The maximum Gasteiger partial charge on any atom is 0.243 e. The van der Waals surface area contributed by atoms with Crippen molar-refractivity contribution in [2.45, 2.75) is 17.6 Å². The van der Waals surface area contributed by atoms with Crippen molar-refractivity contribution in [2.24, 2.45) is 11.5 Å². The van der Waals surface area contributed by atoms with Crippen molar-refractivity contribution in [2.75, 3.05) is 6.26 Å². The second-order valence-electron chi connectivity index (χ2n) is 2.70. The third kappa shape index (κ3) is 2.65. The molecule has 82 valence electrons. The molecule has 0 bridgehead atoms. The summed E-state index contributed by atoms with van der Waals surface area (Å²) in [7, 11) is 0. The number of amides is 2. The highest BCUT2D eigenvalue weighted by atomic mass is 32.2. The van der Waals surface area contributed by atoms with E-state index in [0.29, 0.717) is 5.16 Å².